The van der Waals surface area contributed by atoms with E-state index in [2.05, 4.69) is 36.1 Å². The lowest BCUT2D eigenvalue weighted by Gasteiger charge is -2.25. The van der Waals surface area contributed by atoms with Gasteiger partial charge >= 0.3 is 0 Å². The van der Waals surface area contributed by atoms with Gasteiger partial charge in [0.2, 0.25) is 0 Å². The first-order valence-corrected chi connectivity index (χ1v) is 6.34. The van der Waals surface area contributed by atoms with Crippen LogP contribution in [0.3, 0.4) is 0 Å². The van der Waals surface area contributed by atoms with E-state index in [1.54, 1.807) is 0 Å². The summed E-state index contributed by atoms with van der Waals surface area (Å²) in [4.78, 5) is 5.05. The summed E-state index contributed by atoms with van der Waals surface area (Å²) in [6.45, 7) is 8.47. The highest BCUT2D eigenvalue weighted by Crippen LogP contribution is 2.04. The summed E-state index contributed by atoms with van der Waals surface area (Å²) in [5, 5.41) is 3.43. The minimum atomic E-state index is 0.679. The summed E-state index contributed by atoms with van der Waals surface area (Å²) in [7, 11) is 4.31. The Kier molecular flexibility index (Phi) is 6.22. The Morgan fingerprint density at radius 2 is 2.00 bits per heavy atom. The molecular weight excluding hydrogens is 186 g/mol. The fraction of sp³-hybridized carbons (Fsp3) is 1.00. The SMILES string of the molecule is CCCC(CN1CCCN(C)CC1)NC. The van der Waals surface area contributed by atoms with Gasteiger partial charge in [-0.1, -0.05) is 13.3 Å². The molecule has 0 aliphatic carbocycles. The largest absolute Gasteiger partial charge is 0.316 e. The van der Waals surface area contributed by atoms with Gasteiger partial charge in [-0.2, -0.15) is 0 Å². The number of likely N-dealkylation sites (N-methyl/N-ethyl adjacent to an activating group) is 2. The van der Waals surface area contributed by atoms with Crippen LogP contribution in [0.15, 0.2) is 0 Å². The second-order valence-corrected chi connectivity index (χ2v) is 4.73. The second kappa shape index (κ2) is 7.20. The summed E-state index contributed by atoms with van der Waals surface area (Å²) in [5.74, 6) is 0. The van der Waals surface area contributed by atoms with E-state index < -0.39 is 0 Å². The number of hydrogen-bond donors (Lipinski definition) is 1. The Morgan fingerprint density at radius 1 is 1.20 bits per heavy atom. The molecule has 1 unspecified atom stereocenters. The predicted molar refractivity (Wildman–Crippen MR) is 66.3 cm³/mol. The molecule has 1 aliphatic heterocycles. The fourth-order valence-electron chi connectivity index (χ4n) is 2.27. The van der Waals surface area contributed by atoms with Crippen LogP contribution in [0.4, 0.5) is 0 Å². The van der Waals surface area contributed by atoms with Crippen LogP contribution < -0.4 is 5.32 Å². The highest BCUT2D eigenvalue weighted by atomic mass is 15.2. The van der Waals surface area contributed by atoms with Crippen molar-refractivity contribution in [2.24, 2.45) is 0 Å². The van der Waals surface area contributed by atoms with Crippen molar-refractivity contribution < 1.29 is 0 Å². The van der Waals surface area contributed by atoms with Crippen LogP contribution in [0, 0.1) is 0 Å². The molecule has 0 saturated carbocycles. The molecule has 1 N–H and O–H groups in total. The molecule has 90 valence electrons. The van der Waals surface area contributed by atoms with E-state index >= 15 is 0 Å². The van der Waals surface area contributed by atoms with Gasteiger partial charge in [-0.25, -0.2) is 0 Å². The van der Waals surface area contributed by atoms with Crippen molar-refractivity contribution in [2.45, 2.75) is 32.2 Å². The van der Waals surface area contributed by atoms with Gasteiger partial charge in [-0.05, 0) is 40.0 Å². The van der Waals surface area contributed by atoms with Crippen molar-refractivity contribution in [3.8, 4) is 0 Å². The third kappa shape index (κ3) is 4.96. The van der Waals surface area contributed by atoms with Gasteiger partial charge < -0.3 is 15.1 Å². The van der Waals surface area contributed by atoms with Gasteiger partial charge in [0.25, 0.3) is 0 Å². The lowest BCUT2D eigenvalue weighted by molar-refractivity contribution is 0.245. The van der Waals surface area contributed by atoms with Gasteiger partial charge in [-0.3, -0.25) is 0 Å². The van der Waals surface area contributed by atoms with Crippen LogP contribution in [-0.4, -0.2) is 62.7 Å². The molecule has 3 heteroatoms. The van der Waals surface area contributed by atoms with E-state index in [-0.39, 0.29) is 0 Å². The van der Waals surface area contributed by atoms with E-state index in [1.165, 1.54) is 52.0 Å². The van der Waals surface area contributed by atoms with Crippen molar-refractivity contribution in [1.82, 2.24) is 15.1 Å². The molecule has 1 heterocycles. The molecule has 1 rings (SSSR count). The summed E-state index contributed by atoms with van der Waals surface area (Å²) in [6.07, 6.45) is 3.89. The van der Waals surface area contributed by atoms with Crippen LogP contribution in [0.5, 0.6) is 0 Å². The molecule has 0 amide bonds. The summed E-state index contributed by atoms with van der Waals surface area (Å²) in [6, 6.07) is 0.679. The van der Waals surface area contributed by atoms with E-state index in [0.29, 0.717) is 6.04 Å². The van der Waals surface area contributed by atoms with Crippen LogP contribution in [0.1, 0.15) is 26.2 Å². The fourth-order valence-corrected chi connectivity index (χ4v) is 2.27. The maximum Gasteiger partial charge on any atom is 0.0191 e. The highest BCUT2D eigenvalue weighted by Gasteiger charge is 2.15. The van der Waals surface area contributed by atoms with Gasteiger partial charge in [0.15, 0.2) is 0 Å². The lowest BCUT2D eigenvalue weighted by Crippen LogP contribution is -2.41. The first kappa shape index (κ1) is 12.9. The zero-order valence-electron chi connectivity index (χ0n) is 10.6. The Morgan fingerprint density at radius 3 is 2.67 bits per heavy atom. The van der Waals surface area contributed by atoms with Crippen molar-refractivity contribution in [3.63, 3.8) is 0 Å². The molecule has 0 spiro atoms. The van der Waals surface area contributed by atoms with Crippen LogP contribution >= 0.6 is 0 Å². The van der Waals surface area contributed by atoms with Gasteiger partial charge in [-0.15, -0.1) is 0 Å². The van der Waals surface area contributed by atoms with Crippen LogP contribution in [0.2, 0.25) is 0 Å². The third-order valence-corrected chi connectivity index (χ3v) is 3.34. The number of rotatable bonds is 5. The molecule has 0 aromatic heterocycles. The maximum absolute atomic E-state index is 3.43. The molecule has 0 radical (unpaired) electrons. The summed E-state index contributed by atoms with van der Waals surface area (Å²) in [5.41, 5.74) is 0. The molecular formula is C12H27N3. The monoisotopic (exact) mass is 213 g/mol. The number of nitrogens with zero attached hydrogens (tertiary/aromatic N) is 2. The molecule has 1 fully saturated rings. The van der Waals surface area contributed by atoms with Gasteiger partial charge in [0.1, 0.15) is 0 Å². The molecule has 15 heavy (non-hydrogen) atoms. The molecule has 0 bridgehead atoms. The third-order valence-electron chi connectivity index (χ3n) is 3.34. The average Bonchev–Trinajstić information content (AvgIpc) is 2.43. The Bertz CT molecular complexity index is 161. The standard InChI is InChI=1S/C12H27N3/c1-4-6-12(13-2)11-15-8-5-7-14(3)9-10-15/h12-13H,4-11H2,1-3H3. The van der Waals surface area contributed by atoms with E-state index in [9.17, 15) is 0 Å². The highest BCUT2D eigenvalue weighted by molar-refractivity contribution is 4.73. The van der Waals surface area contributed by atoms with Crippen molar-refractivity contribution in [1.29, 1.82) is 0 Å². The predicted octanol–water partition coefficient (Wildman–Crippen LogP) is 1.01. The topological polar surface area (TPSA) is 18.5 Å². The van der Waals surface area contributed by atoms with Crippen molar-refractivity contribution in [2.75, 3.05) is 46.8 Å². The summed E-state index contributed by atoms with van der Waals surface area (Å²) < 4.78 is 0. The zero-order valence-corrected chi connectivity index (χ0v) is 10.6. The van der Waals surface area contributed by atoms with Crippen LogP contribution in [0.25, 0.3) is 0 Å². The quantitative estimate of drug-likeness (QED) is 0.735. The Hall–Kier alpha value is -0.120. The normalized spacial score (nSPS) is 22.6. The van der Waals surface area contributed by atoms with Crippen LogP contribution in [-0.2, 0) is 0 Å². The minimum Gasteiger partial charge on any atom is -0.316 e. The molecule has 0 aromatic rings. The van der Waals surface area contributed by atoms with Crippen molar-refractivity contribution >= 4 is 0 Å². The average molecular weight is 213 g/mol. The Labute approximate surface area is 94.8 Å². The molecule has 1 saturated heterocycles. The molecule has 1 aliphatic rings. The molecule has 0 aromatic carbocycles. The molecule has 1 atom stereocenters. The van der Waals surface area contributed by atoms with Gasteiger partial charge in [0, 0.05) is 25.7 Å². The summed E-state index contributed by atoms with van der Waals surface area (Å²) >= 11 is 0. The smallest absolute Gasteiger partial charge is 0.0191 e. The lowest BCUT2D eigenvalue weighted by atomic mass is 10.1. The van der Waals surface area contributed by atoms with E-state index in [0.717, 1.165) is 0 Å². The number of hydrogen-bond acceptors (Lipinski definition) is 3. The van der Waals surface area contributed by atoms with Crippen molar-refractivity contribution in [3.05, 3.63) is 0 Å². The van der Waals surface area contributed by atoms with Gasteiger partial charge in [0.05, 0.1) is 0 Å². The first-order chi connectivity index (χ1) is 7.26. The Balaban J connectivity index is 2.29. The van der Waals surface area contributed by atoms with E-state index in [4.69, 9.17) is 0 Å². The van der Waals surface area contributed by atoms with E-state index in [1.807, 2.05) is 0 Å². The number of nitrogens with one attached hydrogen (secondary N) is 1. The molecule has 3 nitrogen and oxygen atoms in total. The second-order valence-electron chi connectivity index (χ2n) is 4.73. The first-order valence-electron chi connectivity index (χ1n) is 6.34. The zero-order chi connectivity index (χ0) is 11.1. The maximum atomic E-state index is 3.43. The minimum absolute atomic E-state index is 0.679.